The van der Waals surface area contributed by atoms with Crippen LogP contribution in [0.1, 0.15) is 22.8 Å². The van der Waals surface area contributed by atoms with Gasteiger partial charge in [-0.05, 0) is 12.5 Å². The molecule has 0 unspecified atom stereocenters. The van der Waals surface area contributed by atoms with Crippen LogP contribution in [0.15, 0.2) is 60.7 Å². The van der Waals surface area contributed by atoms with Crippen molar-refractivity contribution in [2.24, 2.45) is 0 Å². The summed E-state index contributed by atoms with van der Waals surface area (Å²) < 4.78 is 0. The van der Waals surface area contributed by atoms with Gasteiger partial charge in [0.2, 0.25) is 0 Å². The molecule has 86 valence electrons. The molecule has 1 N–H and O–H groups in total. The van der Waals surface area contributed by atoms with Crippen molar-refractivity contribution in [1.82, 2.24) is 0 Å². The van der Waals surface area contributed by atoms with Gasteiger partial charge in [-0.3, -0.25) is 4.79 Å². The maximum Gasteiger partial charge on any atom is 0.198 e. The number of ketones is 1. The molecule has 0 aliphatic heterocycles. The smallest absolute Gasteiger partial charge is 0.198 e. The number of Topliss-reactive ketones (excluding diaryl/α,β-unsaturated/α-hetero) is 1. The average Bonchev–Trinajstić information content (AvgIpc) is 2.40. The highest BCUT2D eigenvalue weighted by Crippen LogP contribution is 2.24. The lowest BCUT2D eigenvalue weighted by atomic mass is 9.88. The van der Waals surface area contributed by atoms with Crippen molar-refractivity contribution in [1.29, 1.82) is 0 Å². The molecule has 1 atom stereocenters. The zero-order valence-corrected chi connectivity index (χ0v) is 9.63. The van der Waals surface area contributed by atoms with E-state index in [4.69, 9.17) is 0 Å². The maximum atomic E-state index is 12.2. The minimum Gasteiger partial charge on any atom is -0.377 e. The fourth-order valence-corrected chi connectivity index (χ4v) is 1.76. The number of hydrogen-bond acceptors (Lipinski definition) is 2. The maximum absolute atomic E-state index is 12.2. The number of aliphatic hydroxyl groups is 1. The number of hydrogen-bond donors (Lipinski definition) is 1. The van der Waals surface area contributed by atoms with Crippen molar-refractivity contribution in [3.63, 3.8) is 0 Å². The second-order valence-corrected chi connectivity index (χ2v) is 4.13. The first-order valence-corrected chi connectivity index (χ1v) is 5.50. The fraction of sp³-hybridized carbons (Fsp3) is 0.133. The molecule has 0 aliphatic rings. The van der Waals surface area contributed by atoms with Gasteiger partial charge in [-0.15, -0.1) is 0 Å². The van der Waals surface area contributed by atoms with E-state index in [2.05, 4.69) is 0 Å². The Morgan fingerprint density at radius 1 is 0.941 bits per heavy atom. The molecule has 0 aromatic heterocycles. The van der Waals surface area contributed by atoms with Gasteiger partial charge < -0.3 is 5.11 Å². The van der Waals surface area contributed by atoms with E-state index in [1.165, 1.54) is 6.92 Å². The largest absolute Gasteiger partial charge is 0.377 e. The molecular weight excluding hydrogens is 212 g/mol. The number of benzene rings is 2. The standard InChI is InChI=1S/C15H14O2/c1-15(17,13-10-6-3-7-11-13)14(16)12-8-4-2-5-9-12/h2-11,17H,1H3/t15-/m1/s1. The summed E-state index contributed by atoms with van der Waals surface area (Å²) in [6.45, 7) is 1.53. The zero-order chi connectivity index (χ0) is 12.3. The van der Waals surface area contributed by atoms with E-state index in [0.29, 0.717) is 11.1 Å². The van der Waals surface area contributed by atoms with Crippen molar-refractivity contribution >= 4 is 5.78 Å². The van der Waals surface area contributed by atoms with Gasteiger partial charge in [0.05, 0.1) is 0 Å². The summed E-state index contributed by atoms with van der Waals surface area (Å²) in [4.78, 5) is 12.2. The topological polar surface area (TPSA) is 37.3 Å². The third-order valence-electron chi connectivity index (χ3n) is 2.81. The third-order valence-corrected chi connectivity index (χ3v) is 2.81. The van der Waals surface area contributed by atoms with Gasteiger partial charge in [-0.25, -0.2) is 0 Å². The van der Waals surface area contributed by atoms with Crippen LogP contribution >= 0.6 is 0 Å². The Morgan fingerprint density at radius 3 is 1.94 bits per heavy atom. The Morgan fingerprint density at radius 2 is 1.41 bits per heavy atom. The van der Waals surface area contributed by atoms with Gasteiger partial charge in [0.25, 0.3) is 0 Å². The first-order chi connectivity index (χ1) is 8.12. The SMILES string of the molecule is C[C@](O)(C(=O)c1ccccc1)c1ccccc1. The van der Waals surface area contributed by atoms with Gasteiger partial charge in [-0.2, -0.15) is 0 Å². The molecule has 2 heteroatoms. The van der Waals surface area contributed by atoms with Crippen LogP contribution in [0.4, 0.5) is 0 Å². The Kier molecular flexibility index (Phi) is 3.07. The molecule has 17 heavy (non-hydrogen) atoms. The second kappa shape index (κ2) is 4.52. The van der Waals surface area contributed by atoms with Crippen LogP contribution in [0, 0.1) is 0 Å². The van der Waals surface area contributed by atoms with E-state index in [9.17, 15) is 9.90 Å². The molecule has 0 amide bonds. The van der Waals surface area contributed by atoms with Gasteiger partial charge in [0, 0.05) is 5.56 Å². The lowest BCUT2D eigenvalue weighted by Crippen LogP contribution is -2.32. The normalized spacial score (nSPS) is 14.0. The van der Waals surface area contributed by atoms with Gasteiger partial charge in [0.1, 0.15) is 5.60 Å². The molecule has 0 fully saturated rings. The van der Waals surface area contributed by atoms with Crippen molar-refractivity contribution in [2.45, 2.75) is 12.5 Å². The number of rotatable bonds is 3. The van der Waals surface area contributed by atoms with E-state index in [1.807, 2.05) is 24.3 Å². The molecule has 0 saturated carbocycles. The Labute approximate surface area is 101 Å². The van der Waals surface area contributed by atoms with Crippen molar-refractivity contribution in [3.05, 3.63) is 71.8 Å². The summed E-state index contributed by atoms with van der Waals surface area (Å²) in [6.07, 6.45) is 0. The number of carbonyl (C=O) groups excluding carboxylic acids is 1. The molecule has 0 radical (unpaired) electrons. The first-order valence-electron chi connectivity index (χ1n) is 5.50. The first kappa shape index (κ1) is 11.6. The quantitative estimate of drug-likeness (QED) is 0.817. The van der Waals surface area contributed by atoms with Crippen LogP contribution in [0.2, 0.25) is 0 Å². The number of carbonyl (C=O) groups is 1. The van der Waals surface area contributed by atoms with Crippen molar-refractivity contribution in [2.75, 3.05) is 0 Å². The Balaban J connectivity index is 2.37. The minimum atomic E-state index is -1.48. The van der Waals surface area contributed by atoms with E-state index >= 15 is 0 Å². The monoisotopic (exact) mass is 226 g/mol. The molecule has 0 bridgehead atoms. The predicted octanol–water partition coefficient (Wildman–Crippen LogP) is 2.78. The van der Waals surface area contributed by atoms with E-state index in [-0.39, 0.29) is 5.78 Å². The van der Waals surface area contributed by atoms with Gasteiger partial charge in [0.15, 0.2) is 5.78 Å². The highest BCUT2D eigenvalue weighted by molar-refractivity contribution is 6.02. The second-order valence-electron chi connectivity index (χ2n) is 4.13. The van der Waals surface area contributed by atoms with Crippen LogP contribution in [0.3, 0.4) is 0 Å². The summed E-state index contributed by atoms with van der Waals surface area (Å²) >= 11 is 0. The molecule has 0 heterocycles. The van der Waals surface area contributed by atoms with Crippen molar-refractivity contribution in [3.8, 4) is 0 Å². The molecular formula is C15H14O2. The zero-order valence-electron chi connectivity index (χ0n) is 9.63. The fourth-order valence-electron chi connectivity index (χ4n) is 1.76. The Hall–Kier alpha value is -1.93. The molecule has 2 nitrogen and oxygen atoms in total. The lowest BCUT2D eigenvalue weighted by molar-refractivity contribution is 0.0392. The van der Waals surface area contributed by atoms with Gasteiger partial charge >= 0.3 is 0 Å². The minimum absolute atomic E-state index is 0.288. The van der Waals surface area contributed by atoms with Crippen LogP contribution in [-0.2, 0) is 5.60 Å². The molecule has 2 aromatic rings. The highest BCUT2D eigenvalue weighted by atomic mass is 16.3. The molecule has 0 aliphatic carbocycles. The summed E-state index contributed by atoms with van der Waals surface area (Å²) in [6, 6.07) is 17.8. The summed E-state index contributed by atoms with van der Waals surface area (Å²) in [5.74, 6) is -0.288. The van der Waals surface area contributed by atoms with Crippen LogP contribution in [-0.4, -0.2) is 10.9 Å². The highest BCUT2D eigenvalue weighted by Gasteiger charge is 2.32. The summed E-state index contributed by atoms with van der Waals surface area (Å²) in [5, 5.41) is 10.4. The van der Waals surface area contributed by atoms with E-state index in [0.717, 1.165) is 0 Å². The summed E-state index contributed by atoms with van der Waals surface area (Å²) in [7, 11) is 0. The van der Waals surface area contributed by atoms with Crippen molar-refractivity contribution < 1.29 is 9.90 Å². The van der Waals surface area contributed by atoms with Crippen LogP contribution < -0.4 is 0 Å². The average molecular weight is 226 g/mol. The van der Waals surface area contributed by atoms with Gasteiger partial charge in [-0.1, -0.05) is 60.7 Å². The lowest BCUT2D eigenvalue weighted by Gasteiger charge is -2.22. The Bertz CT molecular complexity index is 501. The molecule has 0 spiro atoms. The van der Waals surface area contributed by atoms with E-state index in [1.54, 1.807) is 36.4 Å². The predicted molar refractivity (Wildman–Crippen MR) is 66.8 cm³/mol. The molecule has 2 aromatic carbocycles. The third kappa shape index (κ3) is 2.27. The molecule has 2 rings (SSSR count). The van der Waals surface area contributed by atoms with Crippen LogP contribution in [0.5, 0.6) is 0 Å². The van der Waals surface area contributed by atoms with Crippen LogP contribution in [0.25, 0.3) is 0 Å². The van der Waals surface area contributed by atoms with E-state index < -0.39 is 5.60 Å². The summed E-state index contributed by atoms with van der Waals surface area (Å²) in [5.41, 5.74) is -0.363. The molecule has 0 saturated heterocycles.